The summed E-state index contributed by atoms with van der Waals surface area (Å²) in [7, 11) is -3.45. The van der Waals surface area contributed by atoms with Gasteiger partial charge < -0.3 is 0 Å². The Bertz CT molecular complexity index is 2930. The monoisotopic (exact) mass is 920 g/mol. The minimum atomic E-state index is -3.45. The Morgan fingerprint density at radius 2 is 0.457 bits per heavy atom. The van der Waals surface area contributed by atoms with Crippen LogP contribution in [0, 0.1) is 41.5 Å². The third-order valence-electron chi connectivity index (χ3n) is 15.6. The highest BCUT2D eigenvalue weighted by atomic mass is 28.3. The van der Waals surface area contributed by atoms with Crippen molar-refractivity contribution in [3.63, 3.8) is 0 Å². The Balaban J connectivity index is 1.44. The molecule has 1 unspecified atom stereocenters. The first kappa shape index (κ1) is 46.4. The van der Waals surface area contributed by atoms with E-state index >= 15 is 0 Å². The van der Waals surface area contributed by atoms with Crippen molar-refractivity contribution >= 4 is 23.6 Å². The Kier molecular flexibility index (Phi) is 12.3. The molecule has 0 heterocycles. The van der Waals surface area contributed by atoms with E-state index in [0.717, 1.165) is 0 Å². The summed E-state index contributed by atoms with van der Waals surface area (Å²) in [4.78, 5) is 0. The van der Waals surface area contributed by atoms with Crippen molar-refractivity contribution in [2.75, 3.05) is 0 Å². The van der Waals surface area contributed by atoms with Gasteiger partial charge in [-0.1, -0.05) is 240 Å². The highest BCUT2D eigenvalue weighted by Gasteiger charge is 2.56. The van der Waals surface area contributed by atoms with Crippen LogP contribution in [0.3, 0.4) is 0 Å². The largest absolute Gasteiger partial charge is 0.161 e. The number of allylic oxidation sites excluding steroid dienone is 4. The van der Waals surface area contributed by atoms with Gasteiger partial charge in [-0.15, -0.1) is 0 Å². The zero-order valence-electron chi connectivity index (χ0n) is 42.6. The Morgan fingerprint density at radius 1 is 0.257 bits per heavy atom. The first-order valence-corrected chi connectivity index (χ1v) is 27.0. The van der Waals surface area contributed by atoms with Crippen LogP contribution in [0.25, 0.3) is 66.8 Å². The zero-order valence-corrected chi connectivity index (χ0v) is 43.6. The second-order valence-electron chi connectivity index (χ2n) is 20.6. The number of aryl methyl sites for hydroxylation is 6. The molecule has 1 aliphatic rings. The Morgan fingerprint density at radius 3 is 0.629 bits per heavy atom. The van der Waals surface area contributed by atoms with Crippen LogP contribution < -0.4 is 15.6 Å². The fraction of sp³-hybridized carbons (Fsp3) is 0.159. The molecule has 0 amide bonds. The molecular weight excluding hydrogens is 857 g/mol. The summed E-state index contributed by atoms with van der Waals surface area (Å²) in [5, 5.41) is 3.74. The van der Waals surface area contributed by atoms with Crippen molar-refractivity contribution in [3.05, 3.63) is 256 Å². The molecule has 1 heteroatoms. The van der Waals surface area contributed by atoms with Crippen LogP contribution in [0.15, 0.2) is 223 Å². The second kappa shape index (κ2) is 18.5. The minimum Gasteiger partial charge on any atom is -0.0730 e. The maximum Gasteiger partial charge on any atom is 0.161 e. The third-order valence-corrected chi connectivity index (χ3v) is 21.2. The van der Waals surface area contributed by atoms with Gasteiger partial charge in [0.25, 0.3) is 0 Å². The average Bonchev–Trinajstić information content (AvgIpc) is 3.57. The summed E-state index contributed by atoms with van der Waals surface area (Å²) in [6.07, 6.45) is 2.67. The lowest BCUT2D eigenvalue weighted by Gasteiger charge is -2.48. The minimum absolute atomic E-state index is 0.412. The summed E-state index contributed by atoms with van der Waals surface area (Å²) >= 11 is 0. The molecule has 0 nitrogen and oxygen atoms in total. The highest BCUT2D eigenvalue weighted by Crippen LogP contribution is 2.54. The molecule has 0 saturated heterocycles. The van der Waals surface area contributed by atoms with Crippen molar-refractivity contribution in [3.8, 4) is 66.8 Å². The van der Waals surface area contributed by atoms with Crippen molar-refractivity contribution in [1.29, 1.82) is 0 Å². The van der Waals surface area contributed by atoms with Crippen LogP contribution in [0.1, 0.15) is 61.1 Å². The van der Waals surface area contributed by atoms with Crippen LogP contribution in [0.4, 0.5) is 0 Å². The average molecular weight is 921 g/mol. The van der Waals surface area contributed by atoms with Crippen LogP contribution in [0.2, 0.25) is 5.04 Å². The normalized spacial score (nSPS) is 14.8. The predicted octanol–water partition coefficient (Wildman–Crippen LogP) is 17.1. The molecular formula is C69H64Si. The van der Waals surface area contributed by atoms with Gasteiger partial charge in [-0.25, -0.2) is 0 Å². The lowest BCUT2D eigenvalue weighted by atomic mass is 9.97. The number of rotatable bonds is 10. The van der Waals surface area contributed by atoms with Crippen molar-refractivity contribution < 1.29 is 0 Å². The van der Waals surface area contributed by atoms with Gasteiger partial charge in [0.15, 0.2) is 8.07 Å². The molecule has 0 bridgehead atoms. The van der Waals surface area contributed by atoms with E-state index in [-0.39, 0.29) is 0 Å². The summed E-state index contributed by atoms with van der Waals surface area (Å²) in [6.45, 7) is 22.8. The van der Waals surface area contributed by atoms with E-state index in [1.54, 1.807) is 0 Å². The van der Waals surface area contributed by atoms with Crippen LogP contribution in [0.5, 0.6) is 0 Å². The lowest BCUT2D eigenvalue weighted by Crippen LogP contribution is -2.73. The fourth-order valence-corrected chi connectivity index (χ4v) is 17.3. The summed E-state index contributed by atoms with van der Waals surface area (Å²) in [5.74, 6) is 0. The molecule has 70 heavy (non-hydrogen) atoms. The molecule has 0 N–H and O–H groups in total. The summed E-state index contributed by atoms with van der Waals surface area (Å²) in [5.41, 5.74) is 26.4. The zero-order chi connectivity index (χ0) is 48.9. The standard InChI is InChI=1S/C69H64Si/c1-45-11-23-54(24-12-45)60-35-61(55-25-13-46(2)14-26-55)39-66(38-60)70(69(10)44-51(7)52(8)53(69)9,67-40-62(56-27-15-47(3)16-28-56)36-63(41-67)57-29-17-48(4)18-30-57)68-42-64(58-31-19-49(5)20-32-58)37-65(43-68)59-33-21-50(6)22-34-59/h11-44H,1-10H3. The Labute approximate surface area is 418 Å². The number of hydrogen-bond donors (Lipinski definition) is 0. The molecule has 10 rings (SSSR count). The number of benzene rings is 9. The van der Waals surface area contributed by atoms with Gasteiger partial charge in [0.05, 0.1) is 0 Å². The molecule has 1 aliphatic carbocycles. The third kappa shape index (κ3) is 8.58. The van der Waals surface area contributed by atoms with E-state index in [0.29, 0.717) is 0 Å². The maximum absolute atomic E-state index is 3.45. The molecule has 9 aromatic rings. The first-order valence-electron chi connectivity index (χ1n) is 25.0. The molecule has 0 radical (unpaired) electrons. The van der Waals surface area contributed by atoms with Gasteiger partial charge in [0.2, 0.25) is 0 Å². The van der Waals surface area contributed by atoms with Gasteiger partial charge in [-0.2, -0.15) is 0 Å². The van der Waals surface area contributed by atoms with E-state index in [9.17, 15) is 0 Å². The van der Waals surface area contributed by atoms with Crippen molar-refractivity contribution in [2.24, 2.45) is 0 Å². The van der Waals surface area contributed by atoms with Crippen LogP contribution >= 0.6 is 0 Å². The second-order valence-corrected chi connectivity index (χ2v) is 24.9. The quantitative estimate of drug-likeness (QED) is 0.0947. The van der Waals surface area contributed by atoms with Crippen LogP contribution in [-0.4, -0.2) is 8.07 Å². The topological polar surface area (TPSA) is 0 Å². The summed E-state index contributed by atoms with van der Waals surface area (Å²) < 4.78 is 0. The fourth-order valence-electron chi connectivity index (χ4n) is 11.1. The van der Waals surface area contributed by atoms with E-state index in [2.05, 4.69) is 276 Å². The highest BCUT2D eigenvalue weighted by molar-refractivity contribution is 7.14. The van der Waals surface area contributed by atoms with E-state index < -0.39 is 13.1 Å². The first-order chi connectivity index (χ1) is 33.7. The SMILES string of the molecule is CC1=CC(C)([Si](c2cc(-c3ccc(C)cc3)cc(-c3ccc(C)cc3)c2)(c2cc(-c3ccc(C)cc3)cc(-c3ccc(C)cc3)c2)c2cc(-c3ccc(C)cc3)cc(-c3ccc(C)cc3)c2)C(C)=C1C. The smallest absolute Gasteiger partial charge is 0.0730 e. The van der Waals surface area contributed by atoms with E-state index in [4.69, 9.17) is 0 Å². The predicted molar refractivity (Wildman–Crippen MR) is 306 cm³/mol. The maximum atomic E-state index is 2.67. The van der Waals surface area contributed by atoms with Gasteiger partial charge in [-0.3, -0.25) is 0 Å². The molecule has 9 aromatic carbocycles. The van der Waals surface area contributed by atoms with Gasteiger partial charge in [0.1, 0.15) is 0 Å². The van der Waals surface area contributed by atoms with Crippen molar-refractivity contribution in [2.45, 2.75) is 74.3 Å². The molecule has 0 aliphatic heterocycles. The molecule has 344 valence electrons. The summed E-state index contributed by atoms with van der Waals surface area (Å²) in [6, 6.07) is 77.8. The molecule has 0 spiro atoms. The van der Waals surface area contributed by atoms with E-state index in [1.807, 2.05) is 0 Å². The molecule has 0 fully saturated rings. The molecule has 1 atom stereocenters. The van der Waals surface area contributed by atoms with Crippen molar-refractivity contribution in [1.82, 2.24) is 0 Å². The Hall–Kier alpha value is -7.32. The van der Waals surface area contributed by atoms with Crippen LogP contribution in [-0.2, 0) is 0 Å². The van der Waals surface area contributed by atoms with Gasteiger partial charge in [-0.05, 0) is 168 Å². The van der Waals surface area contributed by atoms with Gasteiger partial charge in [0, 0.05) is 5.04 Å². The molecule has 0 aromatic heterocycles. The van der Waals surface area contributed by atoms with Gasteiger partial charge >= 0.3 is 0 Å². The molecule has 0 saturated carbocycles. The lowest BCUT2D eigenvalue weighted by molar-refractivity contribution is 0.870. The van der Waals surface area contributed by atoms with E-state index in [1.165, 1.54) is 132 Å². The number of hydrogen-bond acceptors (Lipinski definition) is 0.